The van der Waals surface area contributed by atoms with Crippen molar-refractivity contribution in [1.82, 2.24) is 24.1 Å². The van der Waals surface area contributed by atoms with E-state index in [0.717, 1.165) is 40.8 Å². The molecule has 1 aliphatic rings. The summed E-state index contributed by atoms with van der Waals surface area (Å²) in [5.41, 5.74) is 3.90. The minimum absolute atomic E-state index is 0.103. The molecule has 1 N–H and O–H groups in total. The number of amides is 1. The molecule has 0 unspecified atom stereocenters. The number of nitrogens with zero attached hydrogens (tertiary/aromatic N) is 5. The number of carbonyl (C=O) groups is 1. The van der Waals surface area contributed by atoms with Crippen molar-refractivity contribution in [1.29, 1.82) is 0 Å². The Hall–Kier alpha value is -3.46. The van der Waals surface area contributed by atoms with Gasteiger partial charge >= 0.3 is 0 Å². The summed E-state index contributed by atoms with van der Waals surface area (Å²) in [6.07, 6.45) is 3.94. The summed E-state index contributed by atoms with van der Waals surface area (Å²) >= 11 is 1.49. The molecule has 1 saturated carbocycles. The van der Waals surface area contributed by atoms with E-state index in [1.807, 2.05) is 47.9 Å². The fourth-order valence-electron chi connectivity index (χ4n) is 3.62. The van der Waals surface area contributed by atoms with Crippen LogP contribution in [0.25, 0.3) is 11.3 Å². The molecule has 4 aromatic rings. The molecule has 0 radical (unpaired) electrons. The lowest BCUT2D eigenvalue weighted by Gasteiger charge is -2.12. The number of nitrogens with one attached hydrogen (secondary N) is 1. The van der Waals surface area contributed by atoms with Gasteiger partial charge < -0.3 is 5.32 Å². The van der Waals surface area contributed by atoms with Gasteiger partial charge in [0.15, 0.2) is 5.16 Å². The number of carbonyl (C=O) groups excluding carboxylic acids is 1. The molecule has 1 amide bonds. The zero-order valence-electron chi connectivity index (χ0n) is 17.8. The van der Waals surface area contributed by atoms with E-state index < -0.39 is 0 Å². The van der Waals surface area contributed by atoms with Crippen LogP contribution in [0.2, 0.25) is 0 Å². The molecule has 0 aliphatic heterocycles. The molecule has 1 fully saturated rings. The fourth-order valence-corrected chi connectivity index (χ4v) is 4.47. The van der Waals surface area contributed by atoms with Gasteiger partial charge in [-0.15, -0.1) is 10.2 Å². The third kappa shape index (κ3) is 4.16. The van der Waals surface area contributed by atoms with Crippen LogP contribution < -0.4 is 10.9 Å². The molecule has 0 bridgehead atoms. The Labute approximate surface area is 188 Å². The van der Waals surface area contributed by atoms with Crippen molar-refractivity contribution in [3.8, 4) is 5.69 Å². The highest BCUT2D eigenvalue weighted by molar-refractivity contribution is 7.98. The van der Waals surface area contributed by atoms with Gasteiger partial charge in [-0.1, -0.05) is 17.8 Å². The van der Waals surface area contributed by atoms with Crippen LogP contribution in [0.15, 0.2) is 58.6 Å². The number of benzene rings is 1. The Bertz CT molecular complexity index is 1390. The number of rotatable bonds is 6. The number of hydrogen-bond acceptors (Lipinski definition) is 6. The normalized spacial score (nSPS) is 13.4. The maximum atomic E-state index is 12.5. The van der Waals surface area contributed by atoms with Crippen molar-refractivity contribution in [3.05, 3.63) is 76.1 Å². The predicted molar refractivity (Wildman–Crippen MR) is 123 cm³/mol. The van der Waals surface area contributed by atoms with Crippen molar-refractivity contribution >= 4 is 29.0 Å². The molecule has 5 rings (SSSR count). The molecule has 0 saturated heterocycles. The molecular weight excluding hydrogens is 424 g/mol. The second-order valence-corrected chi connectivity index (χ2v) is 8.93. The summed E-state index contributed by atoms with van der Waals surface area (Å²) in [7, 11) is 0. The maximum absolute atomic E-state index is 12.5. The Kier molecular flexibility index (Phi) is 5.26. The SMILES string of the molecule is CC(=O)Nc1cccc(-n2c(SCc3cc(=O)n4ccc(C)cc4n3)nnc2C2CC2)c1. The summed E-state index contributed by atoms with van der Waals surface area (Å²) in [6.45, 7) is 3.47. The van der Waals surface area contributed by atoms with Gasteiger partial charge in [0.2, 0.25) is 5.91 Å². The first kappa shape index (κ1) is 20.4. The number of anilines is 1. The van der Waals surface area contributed by atoms with E-state index >= 15 is 0 Å². The molecule has 0 atom stereocenters. The van der Waals surface area contributed by atoms with Crippen LogP contribution in [-0.4, -0.2) is 30.1 Å². The van der Waals surface area contributed by atoms with Crippen LogP contribution in [0, 0.1) is 6.92 Å². The fraction of sp³-hybridized carbons (Fsp3) is 0.261. The number of aryl methyl sites for hydroxylation is 1. The van der Waals surface area contributed by atoms with Crippen LogP contribution in [0.5, 0.6) is 0 Å². The van der Waals surface area contributed by atoms with Gasteiger partial charge in [-0.2, -0.15) is 0 Å². The lowest BCUT2D eigenvalue weighted by molar-refractivity contribution is -0.114. The number of hydrogen-bond donors (Lipinski definition) is 1. The van der Waals surface area contributed by atoms with Crippen LogP contribution in [0.1, 0.15) is 42.8 Å². The molecule has 3 heterocycles. The Morgan fingerprint density at radius 1 is 1.19 bits per heavy atom. The quantitative estimate of drug-likeness (QED) is 0.454. The summed E-state index contributed by atoms with van der Waals surface area (Å²) in [4.78, 5) is 28.6. The molecule has 32 heavy (non-hydrogen) atoms. The standard InChI is InChI=1S/C23H22N6O2S/c1-14-8-9-28-20(10-14)25-18(12-21(28)31)13-32-23-27-26-22(16-6-7-16)29(23)19-5-3-4-17(11-19)24-15(2)30/h3-5,8-12,16H,6-7,13H2,1-2H3,(H,24,30). The molecule has 1 aliphatic carbocycles. The molecule has 1 aromatic carbocycles. The van der Waals surface area contributed by atoms with Gasteiger partial charge in [0, 0.05) is 36.5 Å². The highest BCUT2D eigenvalue weighted by Crippen LogP contribution is 2.41. The zero-order chi connectivity index (χ0) is 22.2. The smallest absolute Gasteiger partial charge is 0.258 e. The second kappa shape index (κ2) is 8.23. The van der Waals surface area contributed by atoms with E-state index in [1.54, 1.807) is 16.7 Å². The minimum Gasteiger partial charge on any atom is -0.326 e. The van der Waals surface area contributed by atoms with Crippen molar-refractivity contribution in [3.63, 3.8) is 0 Å². The van der Waals surface area contributed by atoms with Crippen LogP contribution in [0.3, 0.4) is 0 Å². The van der Waals surface area contributed by atoms with Gasteiger partial charge in [-0.25, -0.2) is 4.98 Å². The van der Waals surface area contributed by atoms with Crippen LogP contribution >= 0.6 is 11.8 Å². The monoisotopic (exact) mass is 446 g/mol. The van der Waals surface area contributed by atoms with Gasteiger partial charge in [0.05, 0.1) is 11.4 Å². The van der Waals surface area contributed by atoms with E-state index in [1.165, 1.54) is 18.7 Å². The van der Waals surface area contributed by atoms with Crippen LogP contribution in [0.4, 0.5) is 5.69 Å². The van der Waals surface area contributed by atoms with Gasteiger partial charge in [0.25, 0.3) is 5.56 Å². The van der Waals surface area contributed by atoms with Gasteiger partial charge in [-0.3, -0.25) is 18.6 Å². The summed E-state index contributed by atoms with van der Waals surface area (Å²) in [6, 6.07) is 13.0. The van der Waals surface area contributed by atoms with E-state index in [0.29, 0.717) is 23.0 Å². The third-order valence-electron chi connectivity index (χ3n) is 5.25. The highest BCUT2D eigenvalue weighted by atomic mass is 32.2. The molecular formula is C23H22N6O2S. The lowest BCUT2D eigenvalue weighted by Crippen LogP contribution is -2.15. The minimum atomic E-state index is -0.119. The highest BCUT2D eigenvalue weighted by Gasteiger charge is 2.31. The van der Waals surface area contributed by atoms with Crippen LogP contribution in [-0.2, 0) is 10.5 Å². The van der Waals surface area contributed by atoms with Crippen molar-refractivity contribution in [2.45, 2.75) is 43.5 Å². The van der Waals surface area contributed by atoms with Crippen molar-refractivity contribution < 1.29 is 4.79 Å². The first-order chi connectivity index (χ1) is 15.5. The number of thioether (sulfide) groups is 1. The molecule has 8 nitrogen and oxygen atoms in total. The third-order valence-corrected chi connectivity index (χ3v) is 6.21. The van der Waals surface area contributed by atoms with Crippen molar-refractivity contribution in [2.24, 2.45) is 0 Å². The van der Waals surface area contributed by atoms with Gasteiger partial charge in [0.1, 0.15) is 11.5 Å². The summed E-state index contributed by atoms with van der Waals surface area (Å²) < 4.78 is 3.59. The molecule has 3 aromatic heterocycles. The predicted octanol–water partition coefficient (Wildman–Crippen LogP) is 3.71. The average Bonchev–Trinajstić information content (AvgIpc) is 3.51. The average molecular weight is 447 g/mol. The largest absolute Gasteiger partial charge is 0.326 e. The molecule has 0 spiro atoms. The van der Waals surface area contributed by atoms with Gasteiger partial charge in [-0.05, 0) is 55.7 Å². The van der Waals surface area contributed by atoms with E-state index in [4.69, 9.17) is 0 Å². The number of pyridine rings is 1. The van der Waals surface area contributed by atoms with Crippen molar-refractivity contribution in [2.75, 3.05) is 5.32 Å². The first-order valence-corrected chi connectivity index (χ1v) is 11.4. The molecule has 9 heteroatoms. The summed E-state index contributed by atoms with van der Waals surface area (Å²) in [5, 5.41) is 12.5. The van der Waals surface area contributed by atoms with E-state index in [9.17, 15) is 9.59 Å². The lowest BCUT2D eigenvalue weighted by atomic mass is 10.2. The Morgan fingerprint density at radius 2 is 2.03 bits per heavy atom. The van der Waals surface area contributed by atoms with E-state index in [-0.39, 0.29) is 11.5 Å². The van der Waals surface area contributed by atoms with E-state index in [2.05, 4.69) is 20.5 Å². The zero-order valence-corrected chi connectivity index (χ0v) is 18.6. The second-order valence-electron chi connectivity index (χ2n) is 7.99. The summed E-state index contributed by atoms with van der Waals surface area (Å²) in [5.74, 6) is 1.70. The molecule has 162 valence electrons. The number of aromatic nitrogens is 5. The number of fused-ring (bicyclic) bond motifs is 1. The topological polar surface area (TPSA) is 94.2 Å². The Balaban J connectivity index is 1.47. The Morgan fingerprint density at radius 3 is 2.81 bits per heavy atom. The maximum Gasteiger partial charge on any atom is 0.258 e. The first-order valence-electron chi connectivity index (χ1n) is 10.4.